The maximum Gasteiger partial charge on any atom is 0.416 e. The van der Waals surface area contributed by atoms with Crippen molar-refractivity contribution in [2.24, 2.45) is 0 Å². The molecule has 5 rings (SSSR count). The Morgan fingerprint density at radius 1 is 1.16 bits per heavy atom. The van der Waals surface area contributed by atoms with Crippen LogP contribution in [0, 0.1) is 0 Å². The first kappa shape index (κ1) is 26.1. The van der Waals surface area contributed by atoms with Gasteiger partial charge in [0.25, 0.3) is 0 Å². The first-order valence-corrected chi connectivity index (χ1v) is 13.5. The number of hydrogen-bond acceptors (Lipinski definition) is 5. The molecule has 6 nitrogen and oxygen atoms in total. The van der Waals surface area contributed by atoms with Crippen LogP contribution in [0.3, 0.4) is 0 Å². The average molecular weight is 551 g/mol. The van der Waals surface area contributed by atoms with Crippen LogP contribution < -0.4 is 5.32 Å². The fourth-order valence-corrected chi connectivity index (χ4v) is 5.97. The number of ether oxygens (including phenoxy) is 1. The summed E-state index contributed by atoms with van der Waals surface area (Å²) in [6.45, 7) is 0.732. The minimum Gasteiger partial charge on any atom is -0.377 e. The quantitative estimate of drug-likeness (QED) is 0.351. The van der Waals surface area contributed by atoms with Gasteiger partial charge in [-0.25, -0.2) is 0 Å². The molecular weight excluding hydrogens is 525 g/mol. The molecule has 1 atom stereocenters. The molecule has 3 aromatic rings. The maximum absolute atomic E-state index is 13.5. The van der Waals surface area contributed by atoms with E-state index < -0.39 is 17.2 Å². The Morgan fingerprint density at radius 2 is 1.95 bits per heavy atom. The van der Waals surface area contributed by atoms with Crippen LogP contribution in [0.4, 0.5) is 13.2 Å². The van der Waals surface area contributed by atoms with E-state index in [4.69, 9.17) is 16.3 Å². The van der Waals surface area contributed by atoms with Crippen molar-refractivity contribution in [2.45, 2.75) is 61.5 Å². The predicted octanol–water partition coefficient (Wildman–Crippen LogP) is 5.95. The number of amides is 1. The van der Waals surface area contributed by atoms with Crippen LogP contribution in [0.25, 0.3) is 5.69 Å². The van der Waals surface area contributed by atoms with Crippen LogP contribution in [-0.4, -0.2) is 39.1 Å². The molecule has 0 radical (unpaired) electrons. The maximum atomic E-state index is 13.5. The number of benzene rings is 2. The Balaban J connectivity index is 1.40. The van der Waals surface area contributed by atoms with Crippen molar-refractivity contribution in [1.82, 2.24) is 20.1 Å². The van der Waals surface area contributed by atoms with E-state index in [1.807, 2.05) is 12.1 Å². The van der Waals surface area contributed by atoms with Crippen molar-refractivity contribution in [2.75, 3.05) is 12.4 Å². The van der Waals surface area contributed by atoms with Crippen LogP contribution in [0.1, 0.15) is 49.1 Å². The Labute approximate surface area is 221 Å². The number of nitrogens with one attached hydrogen (secondary N) is 1. The minimum absolute atomic E-state index is 0.0257. The first-order chi connectivity index (χ1) is 17.8. The largest absolute Gasteiger partial charge is 0.416 e. The van der Waals surface area contributed by atoms with Gasteiger partial charge in [-0.15, -0.1) is 10.2 Å². The third-order valence-electron chi connectivity index (χ3n) is 7.00. The zero-order chi connectivity index (χ0) is 26.0. The first-order valence-electron chi connectivity index (χ1n) is 12.2. The summed E-state index contributed by atoms with van der Waals surface area (Å²) in [6.07, 6.45) is -0.151. The summed E-state index contributed by atoms with van der Waals surface area (Å²) >= 11 is 7.41. The van der Waals surface area contributed by atoms with Crippen molar-refractivity contribution < 1.29 is 22.7 Å². The van der Waals surface area contributed by atoms with Gasteiger partial charge in [-0.1, -0.05) is 48.0 Å². The highest BCUT2D eigenvalue weighted by Crippen LogP contribution is 2.44. The van der Waals surface area contributed by atoms with E-state index in [1.54, 1.807) is 22.8 Å². The molecule has 2 aliphatic rings. The topological polar surface area (TPSA) is 69.0 Å². The number of nitrogens with zero attached hydrogens (tertiary/aromatic N) is 3. The molecule has 1 saturated heterocycles. The number of thioether (sulfide) groups is 1. The molecule has 0 spiro atoms. The van der Waals surface area contributed by atoms with E-state index in [0.717, 1.165) is 37.0 Å². The number of rotatable bonds is 8. The van der Waals surface area contributed by atoms with Gasteiger partial charge in [0.05, 0.1) is 29.3 Å². The zero-order valence-electron chi connectivity index (χ0n) is 19.9. The lowest BCUT2D eigenvalue weighted by Gasteiger charge is -2.40. The molecule has 1 N–H and O–H groups in total. The number of carbonyl (C=O) groups excluding carboxylic acids is 1. The fourth-order valence-electron chi connectivity index (χ4n) is 4.81. The van der Waals surface area contributed by atoms with E-state index in [2.05, 4.69) is 15.5 Å². The van der Waals surface area contributed by atoms with E-state index >= 15 is 0 Å². The summed E-state index contributed by atoms with van der Waals surface area (Å²) in [7, 11) is 0. The van der Waals surface area contributed by atoms with Gasteiger partial charge in [0.2, 0.25) is 5.91 Å². The lowest BCUT2D eigenvalue weighted by Crippen LogP contribution is -2.49. The number of hydrogen-bond donors (Lipinski definition) is 1. The van der Waals surface area contributed by atoms with Crippen molar-refractivity contribution in [1.29, 1.82) is 0 Å². The normalized spacial score (nSPS) is 19.0. The lowest BCUT2D eigenvalue weighted by atomic mass is 9.64. The predicted molar refractivity (Wildman–Crippen MR) is 135 cm³/mol. The van der Waals surface area contributed by atoms with Crippen molar-refractivity contribution in [3.05, 3.63) is 70.5 Å². The molecule has 0 bridgehead atoms. The fraction of sp³-hybridized carbons (Fsp3) is 0.423. The molecule has 2 aromatic carbocycles. The summed E-state index contributed by atoms with van der Waals surface area (Å²) in [5.41, 5.74) is -0.231. The second-order valence-electron chi connectivity index (χ2n) is 9.35. The van der Waals surface area contributed by atoms with Gasteiger partial charge in [0.1, 0.15) is 0 Å². The SMILES string of the molecule is O=C(NCc1nnc(SC[C@H]2CCCO2)n1-c1cccc(C(F)(F)F)c1)C1(c2ccc(Cl)cc2)CCC1. The summed E-state index contributed by atoms with van der Waals surface area (Å²) in [6, 6.07) is 12.3. The van der Waals surface area contributed by atoms with Crippen LogP contribution in [0.5, 0.6) is 0 Å². The van der Waals surface area contributed by atoms with Crippen LogP contribution in [0.2, 0.25) is 5.02 Å². The summed E-state index contributed by atoms with van der Waals surface area (Å²) in [5.74, 6) is 0.824. The molecule has 1 aromatic heterocycles. The summed E-state index contributed by atoms with van der Waals surface area (Å²) in [5, 5.41) is 12.5. The number of alkyl halides is 3. The highest BCUT2D eigenvalue weighted by molar-refractivity contribution is 7.99. The van der Waals surface area contributed by atoms with Gasteiger partial charge in [-0.2, -0.15) is 13.2 Å². The molecule has 1 aliphatic carbocycles. The third-order valence-corrected chi connectivity index (χ3v) is 8.31. The van der Waals surface area contributed by atoms with Gasteiger partial charge in [-0.3, -0.25) is 9.36 Å². The monoisotopic (exact) mass is 550 g/mol. The second kappa shape index (κ2) is 10.7. The summed E-state index contributed by atoms with van der Waals surface area (Å²) in [4.78, 5) is 13.4. The highest BCUT2D eigenvalue weighted by Gasteiger charge is 2.45. The van der Waals surface area contributed by atoms with Gasteiger partial charge in [0, 0.05) is 17.4 Å². The van der Waals surface area contributed by atoms with Crippen molar-refractivity contribution in [3.8, 4) is 5.69 Å². The molecule has 1 saturated carbocycles. The highest BCUT2D eigenvalue weighted by atomic mass is 35.5. The number of carbonyl (C=O) groups is 1. The smallest absolute Gasteiger partial charge is 0.377 e. The van der Waals surface area contributed by atoms with Gasteiger partial charge < -0.3 is 10.1 Å². The van der Waals surface area contributed by atoms with E-state index in [9.17, 15) is 18.0 Å². The van der Waals surface area contributed by atoms with Crippen LogP contribution in [-0.2, 0) is 27.7 Å². The zero-order valence-corrected chi connectivity index (χ0v) is 21.5. The van der Waals surface area contributed by atoms with Crippen LogP contribution in [0.15, 0.2) is 53.7 Å². The molecule has 1 aliphatic heterocycles. The number of aromatic nitrogens is 3. The molecule has 37 heavy (non-hydrogen) atoms. The lowest BCUT2D eigenvalue weighted by molar-refractivity contribution is -0.137. The Morgan fingerprint density at radius 3 is 2.59 bits per heavy atom. The average Bonchev–Trinajstić information content (AvgIpc) is 3.51. The standard InChI is InChI=1S/C26H26ClF3N4O2S/c27-19-9-7-17(8-10-19)25(11-3-12-25)23(35)31-15-22-32-33-24(37-16-21-6-2-13-36-21)34(22)20-5-1-4-18(14-20)26(28,29)30/h1,4-5,7-10,14,21H,2-3,6,11-13,15-16H2,(H,31,35)/t21-/m1/s1. The van der Waals surface area contributed by atoms with E-state index in [1.165, 1.54) is 17.8 Å². The Hall–Kier alpha value is -2.56. The molecule has 0 unspecified atom stereocenters. The van der Waals surface area contributed by atoms with Gasteiger partial charge >= 0.3 is 6.18 Å². The molecule has 2 heterocycles. The van der Waals surface area contributed by atoms with Gasteiger partial charge in [-0.05, 0) is 61.6 Å². The molecular formula is C26H26ClF3N4O2S. The van der Waals surface area contributed by atoms with E-state index in [0.29, 0.717) is 41.2 Å². The molecule has 11 heteroatoms. The van der Waals surface area contributed by atoms with Crippen molar-refractivity contribution in [3.63, 3.8) is 0 Å². The molecule has 196 valence electrons. The Bertz CT molecular complexity index is 1260. The number of halogens is 4. The molecule has 2 fully saturated rings. The van der Waals surface area contributed by atoms with Crippen LogP contribution >= 0.6 is 23.4 Å². The minimum atomic E-state index is -4.49. The van der Waals surface area contributed by atoms with Crippen molar-refractivity contribution >= 4 is 29.3 Å². The van der Waals surface area contributed by atoms with Gasteiger partial charge in [0.15, 0.2) is 11.0 Å². The third kappa shape index (κ3) is 5.51. The second-order valence-corrected chi connectivity index (χ2v) is 10.8. The molecule has 1 amide bonds. The summed E-state index contributed by atoms with van der Waals surface area (Å²) < 4.78 is 47.6. The Kier molecular flexibility index (Phi) is 7.51. The van der Waals surface area contributed by atoms with E-state index in [-0.39, 0.29) is 24.2 Å².